The highest BCUT2D eigenvalue weighted by Crippen LogP contribution is 2.38. The van der Waals surface area contributed by atoms with Crippen molar-refractivity contribution in [3.8, 4) is 0 Å². The predicted octanol–water partition coefficient (Wildman–Crippen LogP) is 4.59. The fourth-order valence-corrected chi connectivity index (χ4v) is 3.90. The second-order valence-corrected chi connectivity index (χ2v) is 6.76. The third-order valence-corrected chi connectivity index (χ3v) is 4.82. The van der Waals surface area contributed by atoms with Gasteiger partial charge in [-0.05, 0) is 72.8 Å². The highest BCUT2D eigenvalue weighted by molar-refractivity contribution is 14.1. The van der Waals surface area contributed by atoms with Gasteiger partial charge in [-0.15, -0.1) is 0 Å². The molecule has 0 unspecified atom stereocenters. The van der Waals surface area contributed by atoms with Gasteiger partial charge in [0.15, 0.2) is 4.77 Å². The summed E-state index contributed by atoms with van der Waals surface area (Å²) in [5.74, 6) is 0. The van der Waals surface area contributed by atoms with Gasteiger partial charge in [0.25, 0.3) is 0 Å². The van der Waals surface area contributed by atoms with Gasteiger partial charge in [-0.1, -0.05) is 12.8 Å². The van der Waals surface area contributed by atoms with Crippen LogP contribution in [0.1, 0.15) is 32.6 Å². The van der Waals surface area contributed by atoms with Gasteiger partial charge in [0.2, 0.25) is 0 Å². The van der Waals surface area contributed by atoms with Crippen LogP contribution in [0.5, 0.6) is 0 Å². The smallest absolute Gasteiger partial charge is 0.178 e. The van der Waals surface area contributed by atoms with Crippen LogP contribution in [0.4, 0.5) is 0 Å². The van der Waals surface area contributed by atoms with Crippen LogP contribution in [-0.2, 0) is 5.54 Å². The van der Waals surface area contributed by atoms with E-state index in [1.807, 2.05) is 0 Å². The minimum atomic E-state index is 0.210. The van der Waals surface area contributed by atoms with Crippen molar-refractivity contribution in [1.82, 2.24) is 9.55 Å². The van der Waals surface area contributed by atoms with Gasteiger partial charge >= 0.3 is 0 Å². The largest absolute Gasteiger partial charge is 0.331 e. The van der Waals surface area contributed by atoms with Crippen LogP contribution in [-0.4, -0.2) is 9.55 Å². The summed E-state index contributed by atoms with van der Waals surface area (Å²) in [6.07, 6.45) is 5.10. The van der Waals surface area contributed by atoms with Crippen molar-refractivity contribution in [3.05, 3.63) is 26.5 Å². The summed E-state index contributed by atoms with van der Waals surface area (Å²) in [5.41, 5.74) is 2.62. The number of hydrogen-bond donors (Lipinski definition) is 1. The van der Waals surface area contributed by atoms with Gasteiger partial charge in [-0.3, -0.25) is 0 Å². The SMILES string of the molecule is CC1(n2c(=S)[nH]c3cc(I)ccc32)CCCC1. The maximum Gasteiger partial charge on any atom is 0.178 e. The molecule has 2 aromatic rings. The van der Waals surface area contributed by atoms with Gasteiger partial charge < -0.3 is 9.55 Å². The maximum absolute atomic E-state index is 5.51. The molecule has 1 fully saturated rings. The van der Waals surface area contributed by atoms with E-state index in [2.05, 4.69) is 57.3 Å². The van der Waals surface area contributed by atoms with Crippen molar-refractivity contribution in [2.24, 2.45) is 0 Å². The number of fused-ring (bicyclic) bond motifs is 1. The number of benzene rings is 1. The molecule has 0 atom stereocenters. The van der Waals surface area contributed by atoms with Gasteiger partial charge in [0, 0.05) is 9.11 Å². The van der Waals surface area contributed by atoms with Gasteiger partial charge in [-0.2, -0.15) is 0 Å². The van der Waals surface area contributed by atoms with E-state index < -0.39 is 0 Å². The fraction of sp³-hybridized carbons (Fsp3) is 0.462. The number of aromatic amines is 1. The first-order valence-electron chi connectivity index (χ1n) is 6.01. The summed E-state index contributed by atoms with van der Waals surface area (Å²) >= 11 is 7.85. The number of aromatic nitrogens is 2. The van der Waals surface area contributed by atoms with E-state index in [1.54, 1.807) is 0 Å². The fourth-order valence-electron chi connectivity index (χ4n) is 2.98. The average Bonchev–Trinajstić information content (AvgIpc) is 2.81. The topological polar surface area (TPSA) is 20.7 Å². The molecular formula is C13H15IN2S. The zero-order valence-corrected chi connectivity index (χ0v) is 12.8. The highest BCUT2D eigenvalue weighted by Gasteiger charge is 2.32. The second-order valence-electron chi connectivity index (χ2n) is 5.13. The first-order chi connectivity index (χ1) is 8.10. The second kappa shape index (κ2) is 4.09. The molecule has 0 amide bonds. The number of rotatable bonds is 1. The molecule has 90 valence electrons. The van der Waals surface area contributed by atoms with E-state index >= 15 is 0 Å². The zero-order chi connectivity index (χ0) is 12.0. The van der Waals surface area contributed by atoms with Gasteiger partial charge in [0.1, 0.15) is 0 Å². The molecule has 1 N–H and O–H groups in total. The third-order valence-electron chi connectivity index (χ3n) is 3.86. The van der Waals surface area contributed by atoms with Crippen LogP contribution in [0.2, 0.25) is 0 Å². The molecule has 0 radical (unpaired) electrons. The standard InChI is InChI=1S/C13H15IN2S/c1-13(6-2-3-7-13)16-11-5-4-9(14)8-10(11)15-12(16)17/h4-5,8H,2-3,6-7H2,1H3,(H,15,17). The molecule has 1 aromatic carbocycles. The van der Waals surface area contributed by atoms with Crippen molar-refractivity contribution >= 4 is 45.8 Å². The Balaban J connectivity index is 2.29. The Labute approximate surface area is 120 Å². The Morgan fingerprint density at radius 2 is 2.06 bits per heavy atom. The number of hydrogen-bond acceptors (Lipinski definition) is 1. The van der Waals surface area contributed by atoms with Crippen LogP contribution in [0.3, 0.4) is 0 Å². The summed E-state index contributed by atoms with van der Waals surface area (Å²) in [4.78, 5) is 3.34. The molecule has 1 aliphatic rings. The molecule has 3 rings (SSSR count). The molecular weight excluding hydrogens is 343 g/mol. The Morgan fingerprint density at radius 1 is 1.35 bits per heavy atom. The van der Waals surface area contributed by atoms with Crippen LogP contribution < -0.4 is 0 Å². The molecule has 0 spiro atoms. The molecule has 1 saturated carbocycles. The van der Waals surface area contributed by atoms with Crippen LogP contribution in [0.25, 0.3) is 11.0 Å². The molecule has 2 nitrogen and oxygen atoms in total. The number of nitrogens with one attached hydrogen (secondary N) is 1. The lowest BCUT2D eigenvalue weighted by Crippen LogP contribution is -2.26. The highest BCUT2D eigenvalue weighted by atomic mass is 127. The Morgan fingerprint density at radius 3 is 2.76 bits per heavy atom. The van der Waals surface area contributed by atoms with Crippen LogP contribution in [0.15, 0.2) is 18.2 Å². The van der Waals surface area contributed by atoms with E-state index in [0.717, 1.165) is 10.3 Å². The molecule has 1 aromatic heterocycles. The summed E-state index contributed by atoms with van der Waals surface area (Å²) in [6.45, 7) is 2.33. The molecule has 1 heterocycles. The molecule has 0 bridgehead atoms. The molecule has 0 aliphatic heterocycles. The van der Waals surface area contributed by atoms with Gasteiger partial charge in [0.05, 0.1) is 11.0 Å². The van der Waals surface area contributed by atoms with E-state index in [9.17, 15) is 0 Å². The van der Waals surface area contributed by atoms with E-state index in [0.29, 0.717) is 0 Å². The normalized spacial score (nSPS) is 18.9. The Kier molecular flexibility index (Phi) is 2.82. The third kappa shape index (κ3) is 1.85. The first-order valence-corrected chi connectivity index (χ1v) is 7.50. The van der Waals surface area contributed by atoms with E-state index in [-0.39, 0.29) is 5.54 Å². The van der Waals surface area contributed by atoms with Gasteiger partial charge in [-0.25, -0.2) is 0 Å². The molecule has 4 heteroatoms. The Hall–Kier alpha value is -0.360. The van der Waals surface area contributed by atoms with Crippen molar-refractivity contribution < 1.29 is 0 Å². The number of H-pyrrole nitrogens is 1. The van der Waals surface area contributed by atoms with Crippen molar-refractivity contribution in [1.29, 1.82) is 0 Å². The van der Waals surface area contributed by atoms with Crippen molar-refractivity contribution in [2.45, 2.75) is 38.1 Å². The molecule has 17 heavy (non-hydrogen) atoms. The number of halogens is 1. The number of nitrogens with zero attached hydrogens (tertiary/aromatic N) is 1. The lowest BCUT2D eigenvalue weighted by molar-refractivity contribution is 0.335. The zero-order valence-electron chi connectivity index (χ0n) is 9.79. The summed E-state index contributed by atoms with van der Waals surface area (Å²) in [5, 5.41) is 0. The monoisotopic (exact) mass is 358 g/mol. The van der Waals surface area contributed by atoms with E-state index in [4.69, 9.17) is 12.2 Å². The summed E-state index contributed by atoms with van der Waals surface area (Å²) in [6, 6.07) is 6.51. The summed E-state index contributed by atoms with van der Waals surface area (Å²) in [7, 11) is 0. The minimum Gasteiger partial charge on any atom is -0.331 e. The molecule has 1 aliphatic carbocycles. The average molecular weight is 358 g/mol. The lowest BCUT2D eigenvalue weighted by Gasteiger charge is -2.26. The lowest BCUT2D eigenvalue weighted by atomic mass is 10.0. The summed E-state index contributed by atoms with van der Waals surface area (Å²) < 4.78 is 4.45. The number of imidazole rings is 1. The van der Waals surface area contributed by atoms with E-state index in [1.165, 1.54) is 34.8 Å². The Bertz CT molecular complexity index is 620. The van der Waals surface area contributed by atoms with Crippen molar-refractivity contribution in [3.63, 3.8) is 0 Å². The van der Waals surface area contributed by atoms with Crippen LogP contribution >= 0.6 is 34.8 Å². The van der Waals surface area contributed by atoms with Crippen LogP contribution in [0, 0.1) is 8.34 Å². The molecule has 0 saturated heterocycles. The van der Waals surface area contributed by atoms with Crippen molar-refractivity contribution in [2.75, 3.05) is 0 Å². The first kappa shape index (κ1) is 11.7. The minimum absolute atomic E-state index is 0.210. The quantitative estimate of drug-likeness (QED) is 0.584. The maximum atomic E-state index is 5.51. The predicted molar refractivity (Wildman–Crippen MR) is 82.0 cm³/mol.